The van der Waals surface area contributed by atoms with Gasteiger partial charge in [0.1, 0.15) is 17.7 Å². The van der Waals surface area contributed by atoms with Crippen molar-refractivity contribution in [2.45, 2.75) is 57.5 Å². The van der Waals surface area contributed by atoms with E-state index in [1.165, 1.54) is 6.07 Å². The van der Waals surface area contributed by atoms with Crippen molar-refractivity contribution in [1.82, 2.24) is 0 Å². The molecule has 0 atom stereocenters. The average molecular weight is 422 g/mol. The molecule has 2 amide bonds. The number of ether oxygens (including phenoxy) is 2. The minimum atomic E-state index is -0.808. The molecule has 1 heterocycles. The van der Waals surface area contributed by atoms with Crippen molar-refractivity contribution in [2.75, 3.05) is 11.5 Å². The highest BCUT2D eigenvalue weighted by molar-refractivity contribution is 6.34. The third-order valence-electron chi connectivity index (χ3n) is 5.58. The van der Waals surface area contributed by atoms with Crippen LogP contribution in [0.25, 0.3) is 0 Å². The van der Waals surface area contributed by atoms with Crippen molar-refractivity contribution < 1.29 is 28.2 Å². The third kappa shape index (κ3) is 3.88. The van der Waals surface area contributed by atoms with E-state index in [4.69, 9.17) is 21.1 Å². The lowest BCUT2D eigenvalue weighted by Gasteiger charge is -2.18. The second kappa shape index (κ2) is 8.14. The van der Waals surface area contributed by atoms with Crippen molar-refractivity contribution >= 4 is 35.1 Å². The maximum absolute atomic E-state index is 14.6. The van der Waals surface area contributed by atoms with E-state index < -0.39 is 30.2 Å². The van der Waals surface area contributed by atoms with Crippen molar-refractivity contribution in [1.29, 1.82) is 0 Å². The highest BCUT2D eigenvalue weighted by Crippen LogP contribution is 2.39. The van der Waals surface area contributed by atoms with Gasteiger partial charge in [0, 0.05) is 17.2 Å². The molecule has 0 radical (unpaired) electrons. The maximum atomic E-state index is 14.6. The first-order chi connectivity index (χ1) is 14.0. The Kier molecular flexibility index (Phi) is 5.58. The number of hydrogen-bond acceptors (Lipinski definition) is 5. The summed E-state index contributed by atoms with van der Waals surface area (Å²) in [6, 6.07) is 2.17. The molecule has 0 saturated heterocycles. The summed E-state index contributed by atoms with van der Waals surface area (Å²) in [6.07, 6.45) is 6.32. The van der Waals surface area contributed by atoms with Crippen LogP contribution in [-0.2, 0) is 19.1 Å². The summed E-state index contributed by atoms with van der Waals surface area (Å²) in [5.41, 5.74) is 0.689. The van der Waals surface area contributed by atoms with Gasteiger partial charge in [0.25, 0.3) is 11.8 Å². The molecular weight excluding hydrogens is 401 g/mol. The Hall–Kier alpha value is -2.41. The van der Waals surface area contributed by atoms with Gasteiger partial charge in [-0.25, -0.2) is 14.1 Å². The van der Waals surface area contributed by atoms with Crippen LogP contribution in [-0.4, -0.2) is 30.5 Å². The lowest BCUT2D eigenvalue weighted by atomic mass is 9.93. The maximum Gasteiger partial charge on any atom is 0.344 e. The van der Waals surface area contributed by atoms with Gasteiger partial charge in [0.05, 0.1) is 10.7 Å². The van der Waals surface area contributed by atoms with Gasteiger partial charge < -0.3 is 9.47 Å². The van der Waals surface area contributed by atoms with Gasteiger partial charge >= 0.3 is 5.97 Å². The molecule has 0 spiro atoms. The van der Waals surface area contributed by atoms with Gasteiger partial charge in [-0.05, 0) is 57.4 Å². The molecule has 0 N–H and O–H groups in total. The number of anilines is 1. The Morgan fingerprint density at radius 1 is 1.07 bits per heavy atom. The Balaban J connectivity index is 1.51. The first kappa shape index (κ1) is 19.9. The quantitative estimate of drug-likeness (QED) is 0.529. The van der Waals surface area contributed by atoms with Gasteiger partial charge in [-0.15, -0.1) is 0 Å². The van der Waals surface area contributed by atoms with Gasteiger partial charge in [0.15, 0.2) is 6.61 Å². The number of amides is 2. The van der Waals surface area contributed by atoms with E-state index in [0.29, 0.717) is 24.0 Å². The number of hydrogen-bond donors (Lipinski definition) is 0. The van der Waals surface area contributed by atoms with Gasteiger partial charge in [-0.1, -0.05) is 11.6 Å². The second-order valence-corrected chi connectivity index (χ2v) is 7.94. The molecule has 8 heteroatoms. The van der Waals surface area contributed by atoms with Gasteiger partial charge in [-0.3, -0.25) is 9.59 Å². The molecule has 29 heavy (non-hydrogen) atoms. The van der Waals surface area contributed by atoms with E-state index in [-0.39, 0.29) is 22.6 Å². The molecule has 0 aromatic heterocycles. The van der Waals surface area contributed by atoms with Crippen LogP contribution >= 0.6 is 11.6 Å². The summed E-state index contributed by atoms with van der Waals surface area (Å²) in [4.78, 5) is 38.2. The molecule has 0 unspecified atom stereocenters. The molecular formula is C21H21ClFNO5. The average Bonchev–Trinajstić information content (AvgIpc) is 3.29. The standard InChI is InChI=1S/C21H21ClFNO5/c22-15-9-16(23)17(24-20(26)13-7-3-4-8-14(13)21(24)27)10-18(15)28-11-19(25)29-12-5-1-2-6-12/h9-10,12H,1-8,11H2. The lowest BCUT2D eigenvalue weighted by Crippen LogP contribution is -2.32. The van der Waals surface area contributed by atoms with Crippen molar-refractivity contribution in [3.63, 3.8) is 0 Å². The predicted octanol–water partition coefficient (Wildman–Crippen LogP) is 4.09. The number of carbonyl (C=O) groups is 3. The van der Waals surface area contributed by atoms with Crippen molar-refractivity contribution in [3.8, 4) is 5.75 Å². The minimum Gasteiger partial charge on any atom is -0.480 e. The van der Waals surface area contributed by atoms with Crippen LogP contribution < -0.4 is 9.64 Å². The summed E-state index contributed by atoms with van der Waals surface area (Å²) < 4.78 is 25.3. The monoisotopic (exact) mass is 421 g/mol. The minimum absolute atomic E-state index is 0.0110. The summed E-state index contributed by atoms with van der Waals surface area (Å²) in [5, 5.41) is -0.0586. The number of carbonyl (C=O) groups excluding carboxylic acids is 3. The van der Waals surface area contributed by atoms with Gasteiger partial charge in [0.2, 0.25) is 0 Å². The SMILES string of the molecule is O=C(COc1cc(N2C(=O)C3=C(CCCC3)C2=O)c(F)cc1Cl)OC1CCCC1. The lowest BCUT2D eigenvalue weighted by molar-refractivity contribution is -0.151. The molecule has 4 rings (SSSR count). The van der Waals surface area contributed by atoms with E-state index in [0.717, 1.165) is 49.5 Å². The van der Waals surface area contributed by atoms with Crippen LogP contribution in [0.15, 0.2) is 23.3 Å². The van der Waals surface area contributed by atoms with Crippen LogP contribution in [0.2, 0.25) is 5.02 Å². The molecule has 6 nitrogen and oxygen atoms in total. The van der Waals surface area contributed by atoms with Crippen LogP contribution in [0, 0.1) is 5.82 Å². The topological polar surface area (TPSA) is 72.9 Å². The van der Waals surface area contributed by atoms with Crippen LogP contribution in [0.4, 0.5) is 10.1 Å². The highest BCUT2D eigenvalue weighted by atomic mass is 35.5. The van der Waals surface area contributed by atoms with Crippen molar-refractivity contribution in [3.05, 3.63) is 34.1 Å². The van der Waals surface area contributed by atoms with E-state index in [9.17, 15) is 18.8 Å². The Labute approximate surface area is 172 Å². The summed E-state index contributed by atoms with van der Waals surface area (Å²) in [7, 11) is 0. The molecule has 1 aliphatic heterocycles. The normalized spacial score (nSPS) is 19.7. The molecule has 3 aliphatic rings. The summed E-state index contributed by atoms with van der Waals surface area (Å²) >= 11 is 6.04. The van der Waals surface area contributed by atoms with Crippen LogP contribution in [0.5, 0.6) is 5.75 Å². The Morgan fingerprint density at radius 2 is 1.69 bits per heavy atom. The molecule has 1 fully saturated rings. The zero-order chi connectivity index (χ0) is 20.5. The first-order valence-corrected chi connectivity index (χ1v) is 10.3. The number of esters is 1. The van der Waals surface area contributed by atoms with E-state index >= 15 is 0 Å². The van der Waals surface area contributed by atoms with Crippen molar-refractivity contribution in [2.24, 2.45) is 0 Å². The number of halogens is 2. The first-order valence-electron chi connectivity index (χ1n) is 9.88. The highest BCUT2D eigenvalue weighted by Gasteiger charge is 2.41. The zero-order valence-electron chi connectivity index (χ0n) is 15.8. The van der Waals surface area contributed by atoms with Crippen LogP contribution in [0.1, 0.15) is 51.4 Å². The fourth-order valence-electron chi connectivity index (χ4n) is 4.12. The smallest absolute Gasteiger partial charge is 0.344 e. The molecule has 1 aromatic rings. The van der Waals surface area contributed by atoms with E-state index in [1.807, 2.05) is 0 Å². The number of rotatable bonds is 5. The fourth-order valence-corrected chi connectivity index (χ4v) is 4.33. The van der Waals surface area contributed by atoms with Gasteiger partial charge in [-0.2, -0.15) is 0 Å². The predicted molar refractivity (Wildman–Crippen MR) is 103 cm³/mol. The second-order valence-electron chi connectivity index (χ2n) is 7.53. The van der Waals surface area contributed by atoms with E-state index in [2.05, 4.69) is 0 Å². The zero-order valence-corrected chi connectivity index (χ0v) is 16.6. The number of benzene rings is 1. The molecule has 0 bridgehead atoms. The van der Waals surface area contributed by atoms with E-state index in [1.54, 1.807) is 0 Å². The largest absolute Gasteiger partial charge is 0.480 e. The number of imide groups is 1. The molecule has 1 saturated carbocycles. The Morgan fingerprint density at radius 3 is 2.31 bits per heavy atom. The summed E-state index contributed by atoms with van der Waals surface area (Å²) in [5.74, 6) is -2.34. The summed E-state index contributed by atoms with van der Waals surface area (Å²) in [6.45, 7) is -0.391. The number of nitrogens with zero attached hydrogens (tertiary/aromatic N) is 1. The molecule has 1 aromatic carbocycles. The fraction of sp³-hybridized carbons (Fsp3) is 0.476. The van der Waals surface area contributed by atoms with Crippen LogP contribution in [0.3, 0.4) is 0 Å². The Bertz CT molecular complexity index is 879. The molecule has 2 aliphatic carbocycles. The molecule has 154 valence electrons. The third-order valence-corrected chi connectivity index (χ3v) is 5.87.